The van der Waals surface area contributed by atoms with E-state index in [1.54, 1.807) is 26.2 Å². The zero-order valence-corrected chi connectivity index (χ0v) is 11.6. The zero-order chi connectivity index (χ0) is 13.9. The van der Waals surface area contributed by atoms with Crippen molar-refractivity contribution in [3.63, 3.8) is 0 Å². The lowest BCUT2D eigenvalue weighted by Crippen LogP contribution is -2.21. The number of Topliss-reactive ketones (excluding diaryl/α,β-unsaturated/α-hetero) is 1. The van der Waals surface area contributed by atoms with Gasteiger partial charge in [0.15, 0.2) is 5.78 Å². The van der Waals surface area contributed by atoms with E-state index in [1.165, 1.54) is 0 Å². The maximum atomic E-state index is 12.0. The molecule has 1 aromatic carbocycles. The summed E-state index contributed by atoms with van der Waals surface area (Å²) in [5.41, 5.74) is 0.686. The highest BCUT2D eigenvalue weighted by Crippen LogP contribution is 2.06. The van der Waals surface area contributed by atoms with Gasteiger partial charge < -0.3 is 14.2 Å². The summed E-state index contributed by atoms with van der Waals surface area (Å²) < 4.78 is 15.7. The Morgan fingerprint density at radius 3 is 2.53 bits per heavy atom. The highest BCUT2D eigenvalue weighted by Gasteiger charge is 2.14. The molecule has 0 aliphatic heterocycles. The van der Waals surface area contributed by atoms with Crippen molar-refractivity contribution >= 4 is 5.78 Å². The quantitative estimate of drug-likeness (QED) is 0.481. The molecular weight excluding hydrogens is 244 g/mol. The van der Waals surface area contributed by atoms with Gasteiger partial charge in [-0.15, -0.1) is 0 Å². The minimum Gasteiger partial charge on any atom is -0.382 e. The smallest absolute Gasteiger partial charge is 0.191 e. The summed E-state index contributed by atoms with van der Waals surface area (Å²) in [6.45, 7) is 4.11. The molecule has 0 radical (unpaired) electrons. The number of rotatable bonds is 10. The molecule has 1 atom stereocenters. The second-order valence-corrected chi connectivity index (χ2v) is 4.20. The first kappa shape index (κ1) is 15.8. The first-order valence-electron chi connectivity index (χ1n) is 6.53. The fourth-order valence-corrected chi connectivity index (χ4v) is 1.58. The number of carbonyl (C=O) groups is 1. The number of ether oxygens (including phenoxy) is 3. The minimum atomic E-state index is -0.415. The predicted octanol–water partition coefficient (Wildman–Crippen LogP) is 2.33. The van der Waals surface area contributed by atoms with E-state index in [4.69, 9.17) is 14.2 Å². The van der Waals surface area contributed by atoms with E-state index in [0.717, 1.165) is 6.42 Å². The SMILES string of the molecule is COCCOCCCOC(C)C(=O)c1ccccc1. The first-order valence-corrected chi connectivity index (χ1v) is 6.53. The van der Waals surface area contributed by atoms with Crippen molar-refractivity contribution in [3.05, 3.63) is 35.9 Å². The second-order valence-electron chi connectivity index (χ2n) is 4.20. The summed E-state index contributed by atoms with van der Waals surface area (Å²) in [5.74, 6) is 0.0147. The lowest BCUT2D eigenvalue weighted by Gasteiger charge is -2.12. The minimum absolute atomic E-state index is 0.0147. The molecule has 0 bridgehead atoms. The Labute approximate surface area is 114 Å². The van der Waals surface area contributed by atoms with Crippen LogP contribution in [0.15, 0.2) is 30.3 Å². The van der Waals surface area contributed by atoms with Crippen LogP contribution < -0.4 is 0 Å². The molecule has 0 fully saturated rings. The zero-order valence-electron chi connectivity index (χ0n) is 11.6. The van der Waals surface area contributed by atoms with E-state index in [1.807, 2.05) is 18.2 Å². The van der Waals surface area contributed by atoms with E-state index in [9.17, 15) is 4.79 Å². The van der Waals surface area contributed by atoms with Crippen molar-refractivity contribution in [2.75, 3.05) is 33.5 Å². The molecule has 0 spiro atoms. The standard InChI is InChI=1S/C15H22O4/c1-13(15(16)14-7-4-3-5-8-14)19-10-6-9-18-12-11-17-2/h3-5,7-8,13H,6,9-12H2,1-2H3. The number of ketones is 1. The average molecular weight is 266 g/mol. The van der Waals surface area contributed by atoms with Crippen LogP contribution in [0.3, 0.4) is 0 Å². The molecule has 0 saturated carbocycles. The van der Waals surface area contributed by atoms with Crippen LogP contribution >= 0.6 is 0 Å². The highest BCUT2D eigenvalue weighted by molar-refractivity contribution is 5.99. The van der Waals surface area contributed by atoms with E-state index in [0.29, 0.717) is 32.0 Å². The van der Waals surface area contributed by atoms with Crippen LogP contribution in [0.1, 0.15) is 23.7 Å². The molecule has 0 aliphatic rings. The largest absolute Gasteiger partial charge is 0.382 e. The second kappa shape index (κ2) is 9.67. The van der Waals surface area contributed by atoms with Gasteiger partial charge in [0.2, 0.25) is 0 Å². The van der Waals surface area contributed by atoms with Crippen LogP contribution in [0.2, 0.25) is 0 Å². The van der Waals surface area contributed by atoms with Gasteiger partial charge in [0.25, 0.3) is 0 Å². The Hall–Kier alpha value is -1.23. The number of benzene rings is 1. The lowest BCUT2D eigenvalue weighted by molar-refractivity contribution is 0.0286. The fraction of sp³-hybridized carbons (Fsp3) is 0.533. The molecular formula is C15H22O4. The third-order valence-electron chi connectivity index (χ3n) is 2.66. The molecule has 1 rings (SSSR count). The summed E-state index contributed by atoms with van der Waals surface area (Å²) in [6, 6.07) is 9.19. The van der Waals surface area contributed by atoms with Gasteiger partial charge in [-0.25, -0.2) is 0 Å². The van der Waals surface area contributed by atoms with Crippen LogP contribution in [-0.4, -0.2) is 45.4 Å². The van der Waals surface area contributed by atoms with Gasteiger partial charge in [-0.05, 0) is 13.3 Å². The average Bonchev–Trinajstić information content (AvgIpc) is 2.46. The van der Waals surface area contributed by atoms with Gasteiger partial charge in [0, 0.05) is 25.9 Å². The molecule has 0 aliphatic carbocycles. The monoisotopic (exact) mass is 266 g/mol. The maximum absolute atomic E-state index is 12.0. The Kier molecular flexibility index (Phi) is 8.05. The third-order valence-corrected chi connectivity index (χ3v) is 2.66. The van der Waals surface area contributed by atoms with Crippen molar-refractivity contribution in [1.29, 1.82) is 0 Å². The summed E-state index contributed by atoms with van der Waals surface area (Å²) in [6.07, 6.45) is 0.359. The van der Waals surface area contributed by atoms with Crippen molar-refractivity contribution in [1.82, 2.24) is 0 Å². The fourth-order valence-electron chi connectivity index (χ4n) is 1.58. The predicted molar refractivity (Wildman–Crippen MR) is 73.5 cm³/mol. The number of hydrogen-bond donors (Lipinski definition) is 0. The molecule has 106 valence electrons. The lowest BCUT2D eigenvalue weighted by atomic mass is 10.1. The van der Waals surface area contributed by atoms with Crippen LogP contribution in [0, 0.1) is 0 Å². The molecule has 4 heteroatoms. The Balaban J connectivity index is 2.14. The molecule has 4 nitrogen and oxygen atoms in total. The molecule has 0 aromatic heterocycles. The van der Waals surface area contributed by atoms with Crippen molar-refractivity contribution in [2.24, 2.45) is 0 Å². The molecule has 1 unspecified atom stereocenters. The Morgan fingerprint density at radius 2 is 1.84 bits per heavy atom. The van der Waals surface area contributed by atoms with Crippen LogP contribution in [0.5, 0.6) is 0 Å². The van der Waals surface area contributed by atoms with E-state index < -0.39 is 6.10 Å². The highest BCUT2D eigenvalue weighted by atomic mass is 16.5. The Morgan fingerprint density at radius 1 is 1.11 bits per heavy atom. The molecule has 19 heavy (non-hydrogen) atoms. The number of methoxy groups -OCH3 is 1. The maximum Gasteiger partial charge on any atom is 0.191 e. The van der Waals surface area contributed by atoms with E-state index in [-0.39, 0.29) is 5.78 Å². The summed E-state index contributed by atoms with van der Waals surface area (Å²) in [4.78, 5) is 12.0. The van der Waals surface area contributed by atoms with Crippen molar-refractivity contribution in [3.8, 4) is 0 Å². The van der Waals surface area contributed by atoms with Gasteiger partial charge in [0.1, 0.15) is 6.10 Å². The van der Waals surface area contributed by atoms with Gasteiger partial charge in [0.05, 0.1) is 13.2 Å². The van der Waals surface area contributed by atoms with Crippen molar-refractivity contribution in [2.45, 2.75) is 19.4 Å². The first-order chi connectivity index (χ1) is 9.25. The molecule has 1 aromatic rings. The van der Waals surface area contributed by atoms with Crippen LogP contribution in [-0.2, 0) is 14.2 Å². The Bertz CT molecular complexity index is 350. The van der Waals surface area contributed by atoms with Crippen LogP contribution in [0.4, 0.5) is 0 Å². The van der Waals surface area contributed by atoms with Crippen molar-refractivity contribution < 1.29 is 19.0 Å². The summed E-state index contributed by atoms with van der Waals surface area (Å²) in [7, 11) is 1.64. The van der Waals surface area contributed by atoms with Crippen LogP contribution in [0.25, 0.3) is 0 Å². The van der Waals surface area contributed by atoms with Gasteiger partial charge in [-0.2, -0.15) is 0 Å². The van der Waals surface area contributed by atoms with E-state index >= 15 is 0 Å². The molecule has 0 saturated heterocycles. The van der Waals surface area contributed by atoms with Gasteiger partial charge in [-0.1, -0.05) is 30.3 Å². The third kappa shape index (κ3) is 6.47. The van der Waals surface area contributed by atoms with Gasteiger partial charge in [-0.3, -0.25) is 4.79 Å². The number of hydrogen-bond acceptors (Lipinski definition) is 4. The topological polar surface area (TPSA) is 44.8 Å². The molecule has 0 heterocycles. The van der Waals surface area contributed by atoms with E-state index in [2.05, 4.69) is 0 Å². The van der Waals surface area contributed by atoms with Gasteiger partial charge >= 0.3 is 0 Å². The molecule has 0 amide bonds. The summed E-state index contributed by atoms with van der Waals surface area (Å²) >= 11 is 0. The summed E-state index contributed by atoms with van der Waals surface area (Å²) in [5, 5.41) is 0. The number of carbonyl (C=O) groups excluding carboxylic acids is 1. The normalized spacial score (nSPS) is 12.3. The molecule has 0 N–H and O–H groups in total.